The van der Waals surface area contributed by atoms with E-state index in [-0.39, 0.29) is 18.2 Å². The fourth-order valence-corrected chi connectivity index (χ4v) is 4.24. The average Bonchev–Trinajstić information content (AvgIpc) is 3.31. The summed E-state index contributed by atoms with van der Waals surface area (Å²) in [6.07, 6.45) is 8.86. The molecule has 8 nitrogen and oxygen atoms in total. The van der Waals surface area contributed by atoms with Crippen molar-refractivity contribution in [3.63, 3.8) is 0 Å². The lowest BCUT2D eigenvalue weighted by Gasteiger charge is -2.32. The molecule has 2 aliphatic rings. The second kappa shape index (κ2) is 7.34. The summed E-state index contributed by atoms with van der Waals surface area (Å²) in [6.45, 7) is 3.01. The number of hydrogen-bond acceptors (Lipinski definition) is 7. The number of rotatable bonds is 4. The van der Waals surface area contributed by atoms with Gasteiger partial charge in [-0.3, -0.25) is 4.79 Å². The van der Waals surface area contributed by atoms with E-state index in [1.54, 1.807) is 13.1 Å². The van der Waals surface area contributed by atoms with E-state index >= 15 is 0 Å². The second-order valence-electron chi connectivity index (χ2n) is 7.75. The van der Waals surface area contributed by atoms with Crippen molar-refractivity contribution in [2.75, 3.05) is 13.1 Å². The normalized spacial score (nSPS) is 22.1. The largest absolute Gasteiger partial charge is 0.389 e. The molecule has 1 saturated heterocycles. The van der Waals surface area contributed by atoms with Gasteiger partial charge in [0.1, 0.15) is 6.33 Å². The molecule has 1 saturated carbocycles. The van der Waals surface area contributed by atoms with Gasteiger partial charge in [-0.2, -0.15) is 4.98 Å². The number of amides is 1. The maximum absolute atomic E-state index is 12.7. The molecule has 0 spiro atoms. The minimum absolute atomic E-state index is 0.0351. The molecule has 0 radical (unpaired) electrons. The van der Waals surface area contributed by atoms with E-state index in [0.717, 1.165) is 49.8 Å². The first-order chi connectivity index (χ1) is 13.0. The zero-order valence-corrected chi connectivity index (χ0v) is 15.6. The van der Waals surface area contributed by atoms with Crippen LogP contribution in [0.15, 0.2) is 17.0 Å². The molecular weight excluding hydrogens is 346 g/mol. The third-order valence-electron chi connectivity index (χ3n) is 5.70. The summed E-state index contributed by atoms with van der Waals surface area (Å²) in [5.74, 6) is 1.10. The zero-order chi connectivity index (χ0) is 18.9. The minimum atomic E-state index is -0.824. The molecule has 8 heteroatoms. The lowest BCUT2D eigenvalue weighted by Crippen LogP contribution is -2.39. The van der Waals surface area contributed by atoms with E-state index < -0.39 is 5.60 Å². The highest BCUT2D eigenvalue weighted by Gasteiger charge is 2.36. The smallest absolute Gasteiger partial charge is 0.225 e. The van der Waals surface area contributed by atoms with Gasteiger partial charge >= 0.3 is 0 Å². The van der Waals surface area contributed by atoms with E-state index in [9.17, 15) is 9.90 Å². The standard InChI is InChI=1S/C19H25N5O3/c1-13-22-18(23-27-13)15-10-20-12-21-17(15)14-5-8-24(11-14)16(25)9-19(26)6-3-2-4-7-19/h10,12,14,26H,2-9,11H2,1H3/t14-/m1/s1. The Hall–Kier alpha value is -2.35. The average molecular weight is 371 g/mol. The molecule has 2 aromatic heterocycles. The van der Waals surface area contributed by atoms with Gasteiger partial charge in [-0.05, 0) is 19.3 Å². The quantitative estimate of drug-likeness (QED) is 0.878. The highest BCUT2D eigenvalue weighted by molar-refractivity contribution is 5.77. The molecule has 1 aliphatic carbocycles. The molecule has 4 rings (SSSR count). The highest BCUT2D eigenvalue weighted by atomic mass is 16.5. The van der Waals surface area contributed by atoms with Crippen LogP contribution in [0.1, 0.15) is 62.4 Å². The Labute approximate surface area is 158 Å². The van der Waals surface area contributed by atoms with Crippen LogP contribution in [0.3, 0.4) is 0 Å². The Kier molecular flexibility index (Phi) is 4.90. The van der Waals surface area contributed by atoms with Gasteiger partial charge < -0.3 is 14.5 Å². The molecule has 144 valence electrons. The van der Waals surface area contributed by atoms with Crippen LogP contribution < -0.4 is 0 Å². The summed E-state index contributed by atoms with van der Waals surface area (Å²) in [5.41, 5.74) is 0.771. The van der Waals surface area contributed by atoms with Gasteiger partial charge in [0.25, 0.3) is 0 Å². The van der Waals surface area contributed by atoms with Crippen LogP contribution >= 0.6 is 0 Å². The van der Waals surface area contributed by atoms with Crippen molar-refractivity contribution in [3.05, 3.63) is 24.1 Å². The number of hydrogen-bond donors (Lipinski definition) is 1. The van der Waals surface area contributed by atoms with E-state index in [2.05, 4.69) is 20.1 Å². The predicted octanol–water partition coefficient (Wildman–Crippen LogP) is 2.24. The van der Waals surface area contributed by atoms with Crippen LogP contribution in [0.2, 0.25) is 0 Å². The number of likely N-dealkylation sites (tertiary alicyclic amines) is 1. The van der Waals surface area contributed by atoms with Crippen molar-refractivity contribution in [3.8, 4) is 11.4 Å². The molecule has 27 heavy (non-hydrogen) atoms. The maximum Gasteiger partial charge on any atom is 0.225 e. The third-order valence-corrected chi connectivity index (χ3v) is 5.70. The van der Waals surface area contributed by atoms with Gasteiger partial charge in [-0.15, -0.1) is 0 Å². The van der Waals surface area contributed by atoms with Crippen LogP contribution in [0.5, 0.6) is 0 Å². The molecule has 1 atom stereocenters. The molecule has 1 N–H and O–H groups in total. The molecule has 0 bridgehead atoms. The van der Waals surface area contributed by atoms with Crippen LogP contribution in [-0.2, 0) is 4.79 Å². The summed E-state index contributed by atoms with van der Waals surface area (Å²) in [4.78, 5) is 27.4. The van der Waals surface area contributed by atoms with E-state index in [1.165, 1.54) is 6.33 Å². The monoisotopic (exact) mass is 371 g/mol. The summed E-state index contributed by atoms with van der Waals surface area (Å²) < 4.78 is 5.08. The van der Waals surface area contributed by atoms with Crippen LogP contribution in [0.4, 0.5) is 0 Å². The van der Waals surface area contributed by atoms with Gasteiger partial charge in [-0.1, -0.05) is 24.4 Å². The van der Waals surface area contributed by atoms with Crippen LogP contribution in [-0.4, -0.2) is 54.7 Å². The number of aromatic nitrogens is 4. The lowest BCUT2D eigenvalue weighted by molar-refractivity contribution is -0.136. The van der Waals surface area contributed by atoms with Gasteiger partial charge in [0.05, 0.1) is 23.3 Å². The predicted molar refractivity (Wildman–Crippen MR) is 96.7 cm³/mol. The van der Waals surface area contributed by atoms with Crippen molar-refractivity contribution in [1.29, 1.82) is 0 Å². The van der Waals surface area contributed by atoms with Crippen molar-refractivity contribution < 1.29 is 14.4 Å². The minimum Gasteiger partial charge on any atom is -0.389 e. The van der Waals surface area contributed by atoms with Gasteiger partial charge in [-0.25, -0.2) is 9.97 Å². The van der Waals surface area contributed by atoms with E-state index in [1.807, 2.05) is 4.90 Å². The molecule has 0 aromatic carbocycles. The Morgan fingerprint density at radius 1 is 1.37 bits per heavy atom. The first-order valence-corrected chi connectivity index (χ1v) is 9.65. The first kappa shape index (κ1) is 18.0. The van der Waals surface area contributed by atoms with Crippen LogP contribution in [0, 0.1) is 6.92 Å². The first-order valence-electron chi connectivity index (χ1n) is 9.65. The number of carbonyl (C=O) groups excluding carboxylic acids is 1. The van der Waals surface area contributed by atoms with Gasteiger partial charge in [0, 0.05) is 32.1 Å². The SMILES string of the molecule is Cc1nc(-c2cncnc2[C@@H]2CCN(C(=O)CC3(O)CCCCC3)C2)no1. The molecule has 0 unspecified atom stereocenters. The van der Waals surface area contributed by atoms with E-state index in [0.29, 0.717) is 24.8 Å². The van der Waals surface area contributed by atoms with Crippen molar-refractivity contribution in [2.45, 2.75) is 63.4 Å². The lowest BCUT2D eigenvalue weighted by atomic mass is 9.82. The number of carbonyl (C=O) groups is 1. The number of aryl methyl sites for hydroxylation is 1. The van der Waals surface area contributed by atoms with Crippen molar-refractivity contribution in [2.24, 2.45) is 0 Å². The highest BCUT2D eigenvalue weighted by Crippen LogP contribution is 2.35. The topological polar surface area (TPSA) is 105 Å². The Bertz CT molecular complexity index is 815. The Balaban J connectivity index is 1.46. The zero-order valence-electron chi connectivity index (χ0n) is 15.6. The van der Waals surface area contributed by atoms with E-state index in [4.69, 9.17) is 4.52 Å². The molecular formula is C19H25N5O3. The Morgan fingerprint density at radius 3 is 2.93 bits per heavy atom. The maximum atomic E-state index is 12.7. The van der Waals surface area contributed by atoms with Crippen molar-refractivity contribution in [1.82, 2.24) is 25.0 Å². The van der Waals surface area contributed by atoms with Gasteiger partial charge in [0.2, 0.25) is 17.6 Å². The molecule has 1 amide bonds. The third kappa shape index (κ3) is 3.85. The fourth-order valence-electron chi connectivity index (χ4n) is 4.24. The molecule has 1 aliphatic heterocycles. The number of aliphatic hydroxyl groups is 1. The van der Waals surface area contributed by atoms with Crippen LogP contribution in [0.25, 0.3) is 11.4 Å². The summed E-state index contributed by atoms with van der Waals surface area (Å²) in [5, 5.41) is 14.7. The Morgan fingerprint density at radius 2 is 2.19 bits per heavy atom. The van der Waals surface area contributed by atoms with Gasteiger partial charge in [0.15, 0.2) is 0 Å². The summed E-state index contributed by atoms with van der Waals surface area (Å²) >= 11 is 0. The summed E-state index contributed by atoms with van der Waals surface area (Å²) in [6, 6.07) is 0. The fraction of sp³-hybridized carbons (Fsp3) is 0.632. The van der Waals surface area contributed by atoms with Crippen molar-refractivity contribution >= 4 is 5.91 Å². The molecule has 2 fully saturated rings. The summed E-state index contributed by atoms with van der Waals surface area (Å²) in [7, 11) is 0. The second-order valence-corrected chi connectivity index (χ2v) is 7.75. The molecule has 2 aromatic rings. The molecule has 3 heterocycles. The number of nitrogens with zero attached hydrogens (tertiary/aromatic N) is 5.